The van der Waals surface area contributed by atoms with E-state index in [0.29, 0.717) is 15.9 Å². The van der Waals surface area contributed by atoms with Crippen LogP contribution in [0.4, 0.5) is 10.3 Å². The zero-order valence-corrected chi connectivity index (χ0v) is 13.3. The van der Waals surface area contributed by atoms with Crippen LogP contribution in [0.3, 0.4) is 0 Å². The number of nitrogens with two attached hydrogens (primary N) is 1. The molecule has 6 heteroatoms. The highest BCUT2D eigenvalue weighted by molar-refractivity contribution is 14.1. The Bertz CT molecular complexity index is 768. The molecule has 3 nitrogen and oxygen atoms in total. The van der Waals surface area contributed by atoms with E-state index in [4.69, 9.17) is 5.73 Å². The van der Waals surface area contributed by atoms with Crippen molar-refractivity contribution >= 4 is 55.5 Å². The maximum atomic E-state index is 13.5. The molecule has 0 amide bonds. The maximum Gasteiger partial charge on any atom is 0.205 e. The quantitative estimate of drug-likeness (QED) is 0.589. The molecule has 19 heavy (non-hydrogen) atoms. The summed E-state index contributed by atoms with van der Waals surface area (Å²) in [6.07, 6.45) is 0. The predicted molar refractivity (Wildman–Crippen MR) is 85.9 cm³/mol. The SMILES string of the molecule is Nc1nc2cc(F)c(Br)cc2n1-c1ccc(I)cc1. The molecule has 0 aliphatic heterocycles. The Morgan fingerprint density at radius 2 is 1.89 bits per heavy atom. The van der Waals surface area contributed by atoms with Crippen LogP contribution in [0.1, 0.15) is 0 Å². The lowest BCUT2D eigenvalue weighted by molar-refractivity contribution is 0.623. The molecule has 1 heterocycles. The van der Waals surface area contributed by atoms with Gasteiger partial charge in [0.2, 0.25) is 5.95 Å². The van der Waals surface area contributed by atoms with Crippen LogP contribution in [0.5, 0.6) is 0 Å². The molecule has 0 bridgehead atoms. The molecule has 0 aliphatic rings. The third-order valence-electron chi connectivity index (χ3n) is 2.81. The molecule has 0 saturated heterocycles. The number of fused-ring (bicyclic) bond motifs is 1. The van der Waals surface area contributed by atoms with Crippen molar-refractivity contribution in [3.05, 3.63) is 50.3 Å². The van der Waals surface area contributed by atoms with Gasteiger partial charge in [-0.1, -0.05) is 0 Å². The molecule has 3 rings (SSSR count). The number of hydrogen-bond acceptors (Lipinski definition) is 2. The van der Waals surface area contributed by atoms with E-state index in [0.717, 1.165) is 14.8 Å². The van der Waals surface area contributed by atoms with Gasteiger partial charge < -0.3 is 5.73 Å². The first-order chi connectivity index (χ1) is 9.06. The highest BCUT2D eigenvalue weighted by Crippen LogP contribution is 2.28. The zero-order chi connectivity index (χ0) is 13.6. The lowest BCUT2D eigenvalue weighted by Gasteiger charge is -2.06. The second-order valence-corrected chi connectivity index (χ2v) is 6.14. The fraction of sp³-hybridized carbons (Fsp3) is 0. The van der Waals surface area contributed by atoms with Crippen molar-refractivity contribution in [1.29, 1.82) is 0 Å². The second kappa shape index (κ2) is 4.75. The molecule has 0 radical (unpaired) electrons. The highest BCUT2D eigenvalue weighted by atomic mass is 127. The average molecular weight is 432 g/mol. The van der Waals surface area contributed by atoms with Crippen molar-refractivity contribution in [3.8, 4) is 5.69 Å². The fourth-order valence-electron chi connectivity index (χ4n) is 1.95. The number of rotatable bonds is 1. The molecule has 2 N–H and O–H groups in total. The molecule has 0 saturated carbocycles. The molecular weight excluding hydrogens is 424 g/mol. The van der Waals surface area contributed by atoms with Crippen LogP contribution in [0.15, 0.2) is 40.9 Å². The fourth-order valence-corrected chi connectivity index (χ4v) is 2.64. The van der Waals surface area contributed by atoms with Crippen LogP contribution in [-0.4, -0.2) is 9.55 Å². The van der Waals surface area contributed by atoms with Gasteiger partial charge in [0.15, 0.2) is 0 Å². The van der Waals surface area contributed by atoms with Crippen LogP contribution in [0, 0.1) is 9.39 Å². The topological polar surface area (TPSA) is 43.8 Å². The van der Waals surface area contributed by atoms with Gasteiger partial charge in [0, 0.05) is 15.3 Å². The smallest absolute Gasteiger partial charge is 0.205 e. The van der Waals surface area contributed by atoms with Crippen molar-refractivity contribution in [2.75, 3.05) is 5.73 Å². The van der Waals surface area contributed by atoms with Crippen molar-refractivity contribution < 1.29 is 4.39 Å². The minimum atomic E-state index is -0.347. The lowest BCUT2D eigenvalue weighted by atomic mass is 10.2. The Morgan fingerprint density at radius 3 is 2.58 bits per heavy atom. The van der Waals surface area contributed by atoms with Gasteiger partial charge in [-0.25, -0.2) is 9.37 Å². The highest BCUT2D eigenvalue weighted by Gasteiger charge is 2.12. The molecule has 0 atom stereocenters. The molecule has 3 aromatic rings. The minimum Gasteiger partial charge on any atom is -0.369 e. The molecule has 2 aromatic carbocycles. The van der Waals surface area contributed by atoms with Crippen LogP contribution < -0.4 is 5.73 Å². The van der Waals surface area contributed by atoms with E-state index in [-0.39, 0.29) is 5.82 Å². The number of halogens is 3. The largest absolute Gasteiger partial charge is 0.369 e. The summed E-state index contributed by atoms with van der Waals surface area (Å²) in [6, 6.07) is 10.9. The van der Waals surface area contributed by atoms with E-state index < -0.39 is 0 Å². The normalized spacial score (nSPS) is 11.1. The summed E-state index contributed by atoms with van der Waals surface area (Å²) in [5, 5.41) is 0. The van der Waals surface area contributed by atoms with Crippen molar-refractivity contribution in [2.45, 2.75) is 0 Å². The molecule has 0 spiro atoms. The summed E-state index contributed by atoms with van der Waals surface area (Å²) in [5.41, 5.74) is 8.15. The minimum absolute atomic E-state index is 0.341. The summed E-state index contributed by atoms with van der Waals surface area (Å²) in [4.78, 5) is 4.19. The summed E-state index contributed by atoms with van der Waals surface area (Å²) < 4.78 is 16.8. The number of nitrogens with zero attached hydrogens (tertiary/aromatic N) is 2. The molecular formula is C13H8BrFIN3. The van der Waals surface area contributed by atoms with E-state index in [2.05, 4.69) is 43.5 Å². The van der Waals surface area contributed by atoms with Crippen LogP contribution in [-0.2, 0) is 0 Å². The van der Waals surface area contributed by atoms with Crippen molar-refractivity contribution in [2.24, 2.45) is 0 Å². The third-order valence-corrected chi connectivity index (χ3v) is 4.13. The van der Waals surface area contributed by atoms with E-state index in [1.165, 1.54) is 6.07 Å². The number of benzene rings is 2. The van der Waals surface area contributed by atoms with Gasteiger partial charge in [-0.3, -0.25) is 4.57 Å². The van der Waals surface area contributed by atoms with Crippen LogP contribution in [0.25, 0.3) is 16.7 Å². The molecule has 96 valence electrons. The second-order valence-electron chi connectivity index (χ2n) is 4.04. The van der Waals surface area contributed by atoms with Crippen molar-refractivity contribution in [3.63, 3.8) is 0 Å². The van der Waals surface area contributed by atoms with Gasteiger partial charge in [0.25, 0.3) is 0 Å². The first kappa shape index (κ1) is 12.9. The Morgan fingerprint density at radius 1 is 1.21 bits per heavy atom. The summed E-state index contributed by atoms with van der Waals surface area (Å²) in [7, 11) is 0. The number of anilines is 1. The van der Waals surface area contributed by atoms with E-state index in [1.807, 2.05) is 24.3 Å². The monoisotopic (exact) mass is 431 g/mol. The number of aromatic nitrogens is 2. The van der Waals surface area contributed by atoms with Crippen LogP contribution in [0.2, 0.25) is 0 Å². The van der Waals surface area contributed by atoms with Crippen LogP contribution >= 0.6 is 38.5 Å². The lowest BCUT2D eigenvalue weighted by Crippen LogP contribution is -2.00. The number of imidazole rings is 1. The van der Waals surface area contributed by atoms with E-state index in [9.17, 15) is 4.39 Å². The zero-order valence-electron chi connectivity index (χ0n) is 9.57. The van der Waals surface area contributed by atoms with E-state index >= 15 is 0 Å². The van der Waals surface area contributed by atoms with Crippen molar-refractivity contribution in [1.82, 2.24) is 9.55 Å². The Kier molecular flexibility index (Phi) is 3.22. The molecule has 1 aromatic heterocycles. The maximum absolute atomic E-state index is 13.5. The van der Waals surface area contributed by atoms with Gasteiger partial charge in [-0.15, -0.1) is 0 Å². The molecule has 0 aliphatic carbocycles. The number of nitrogen functional groups attached to an aromatic ring is 1. The van der Waals surface area contributed by atoms with Gasteiger partial charge in [0.1, 0.15) is 5.82 Å². The summed E-state index contributed by atoms with van der Waals surface area (Å²) >= 11 is 5.42. The Labute approximate surface area is 130 Å². The van der Waals surface area contributed by atoms with Gasteiger partial charge in [-0.05, 0) is 68.9 Å². The van der Waals surface area contributed by atoms with Gasteiger partial charge in [-0.2, -0.15) is 0 Å². The predicted octanol–water partition coefficient (Wildman–Crippen LogP) is 4.11. The first-order valence-corrected chi connectivity index (χ1v) is 7.32. The third kappa shape index (κ3) is 2.23. The average Bonchev–Trinajstić information content (AvgIpc) is 2.67. The summed E-state index contributed by atoms with van der Waals surface area (Å²) in [6.45, 7) is 0. The van der Waals surface area contributed by atoms with E-state index in [1.54, 1.807) is 10.6 Å². The Balaban J connectivity index is 2.31. The van der Waals surface area contributed by atoms with Gasteiger partial charge in [0.05, 0.1) is 15.5 Å². The summed E-state index contributed by atoms with van der Waals surface area (Å²) in [5.74, 6) is -0.00605. The molecule has 0 fully saturated rings. The first-order valence-electron chi connectivity index (χ1n) is 5.45. The standard InChI is InChI=1S/C13H8BrFIN3/c14-9-5-12-11(6-10(9)15)18-13(17)19(12)8-3-1-7(16)2-4-8/h1-6H,(H2,17,18). The Hall–Kier alpha value is -1.15. The van der Waals surface area contributed by atoms with Gasteiger partial charge >= 0.3 is 0 Å². The molecule has 0 unspecified atom stereocenters. The number of hydrogen-bond donors (Lipinski definition) is 1.